The Bertz CT molecular complexity index is 537. The van der Waals surface area contributed by atoms with Gasteiger partial charge in [-0.25, -0.2) is 4.39 Å². The molecule has 0 aliphatic heterocycles. The molecular formula is C13H13FN2O3. The van der Waals surface area contributed by atoms with E-state index in [1.165, 1.54) is 4.90 Å². The van der Waals surface area contributed by atoms with E-state index in [2.05, 4.69) is 5.92 Å². The van der Waals surface area contributed by atoms with Gasteiger partial charge in [-0.3, -0.25) is 14.9 Å². The summed E-state index contributed by atoms with van der Waals surface area (Å²) in [6, 6.07) is 2.78. The molecule has 6 heteroatoms. The van der Waals surface area contributed by atoms with E-state index >= 15 is 0 Å². The standard InChI is InChI=1S/C13H13FN2O3/c1-3-7-15(8-4-2)13(17)11-9-10(14)5-6-12(11)16(18)19/h1,5-6,9H,4,7-8H2,2H3. The van der Waals surface area contributed by atoms with E-state index in [-0.39, 0.29) is 12.1 Å². The first-order chi connectivity index (χ1) is 9.01. The number of hydrogen-bond donors (Lipinski definition) is 0. The zero-order valence-electron chi connectivity index (χ0n) is 10.4. The summed E-state index contributed by atoms with van der Waals surface area (Å²) in [5, 5.41) is 10.8. The lowest BCUT2D eigenvalue weighted by molar-refractivity contribution is -0.385. The Labute approximate surface area is 110 Å². The fourth-order valence-corrected chi connectivity index (χ4v) is 1.64. The quantitative estimate of drug-likeness (QED) is 0.465. The number of carbonyl (C=O) groups excluding carboxylic acids is 1. The first-order valence-electron chi connectivity index (χ1n) is 5.68. The molecule has 100 valence electrons. The van der Waals surface area contributed by atoms with E-state index in [4.69, 9.17) is 6.42 Å². The van der Waals surface area contributed by atoms with Crippen LogP contribution < -0.4 is 0 Å². The van der Waals surface area contributed by atoms with Gasteiger partial charge in [-0.05, 0) is 18.6 Å². The van der Waals surface area contributed by atoms with Gasteiger partial charge in [-0.1, -0.05) is 12.8 Å². The van der Waals surface area contributed by atoms with Gasteiger partial charge in [0.15, 0.2) is 0 Å². The summed E-state index contributed by atoms with van der Waals surface area (Å²) in [6.45, 7) is 2.23. The molecule has 5 nitrogen and oxygen atoms in total. The van der Waals surface area contributed by atoms with Gasteiger partial charge in [0.1, 0.15) is 11.4 Å². The first-order valence-corrected chi connectivity index (χ1v) is 5.68. The molecule has 0 fully saturated rings. The lowest BCUT2D eigenvalue weighted by Crippen LogP contribution is -2.32. The monoisotopic (exact) mass is 264 g/mol. The number of benzene rings is 1. The Morgan fingerprint density at radius 2 is 2.26 bits per heavy atom. The molecule has 0 bridgehead atoms. The number of amides is 1. The minimum atomic E-state index is -0.716. The second-order valence-electron chi connectivity index (χ2n) is 3.85. The van der Waals surface area contributed by atoms with Crippen molar-refractivity contribution in [3.63, 3.8) is 0 Å². The fourth-order valence-electron chi connectivity index (χ4n) is 1.64. The second kappa shape index (κ2) is 6.50. The summed E-state index contributed by atoms with van der Waals surface area (Å²) in [5.74, 6) is 0.972. The van der Waals surface area contributed by atoms with Crippen LogP contribution in [0.4, 0.5) is 10.1 Å². The van der Waals surface area contributed by atoms with Gasteiger partial charge >= 0.3 is 0 Å². The number of nitrogens with zero attached hydrogens (tertiary/aromatic N) is 2. The SMILES string of the molecule is C#CCN(CCC)C(=O)c1cc(F)ccc1[N+](=O)[O-]. The molecule has 0 aliphatic carbocycles. The topological polar surface area (TPSA) is 63.5 Å². The number of terminal acetylenes is 1. The van der Waals surface area contributed by atoms with Crippen molar-refractivity contribution in [3.05, 3.63) is 39.7 Å². The van der Waals surface area contributed by atoms with Crippen LogP contribution in [0.5, 0.6) is 0 Å². The highest BCUT2D eigenvalue weighted by atomic mass is 19.1. The summed E-state index contributed by atoms with van der Waals surface area (Å²) in [7, 11) is 0. The number of carbonyl (C=O) groups is 1. The predicted octanol–water partition coefficient (Wildman–Crippen LogP) is 2.22. The second-order valence-corrected chi connectivity index (χ2v) is 3.85. The lowest BCUT2D eigenvalue weighted by atomic mass is 10.1. The van der Waals surface area contributed by atoms with E-state index in [0.29, 0.717) is 13.0 Å². The van der Waals surface area contributed by atoms with Gasteiger partial charge < -0.3 is 4.90 Å². The molecule has 1 aromatic carbocycles. The zero-order valence-corrected chi connectivity index (χ0v) is 10.4. The Morgan fingerprint density at radius 3 is 2.79 bits per heavy atom. The molecule has 0 spiro atoms. The largest absolute Gasteiger partial charge is 0.327 e. The zero-order chi connectivity index (χ0) is 14.4. The maximum absolute atomic E-state index is 13.2. The Balaban J connectivity index is 3.19. The van der Waals surface area contributed by atoms with Crippen LogP contribution in [0.2, 0.25) is 0 Å². The molecular weight excluding hydrogens is 251 g/mol. The minimum Gasteiger partial charge on any atom is -0.327 e. The van der Waals surface area contributed by atoms with Crippen LogP contribution in [0.25, 0.3) is 0 Å². The smallest absolute Gasteiger partial charge is 0.282 e. The number of nitro groups is 1. The molecule has 0 saturated carbocycles. The summed E-state index contributed by atoms with van der Waals surface area (Å²) in [6.07, 6.45) is 5.80. The van der Waals surface area contributed by atoms with Crippen LogP contribution in [0.1, 0.15) is 23.7 Å². The molecule has 0 aliphatic rings. The Hall–Kier alpha value is -2.42. The van der Waals surface area contributed by atoms with Gasteiger partial charge in [0.2, 0.25) is 0 Å². The average Bonchev–Trinajstić information content (AvgIpc) is 2.37. The third-order valence-corrected chi connectivity index (χ3v) is 2.45. The minimum absolute atomic E-state index is 0.0281. The Morgan fingerprint density at radius 1 is 1.58 bits per heavy atom. The van der Waals surface area contributed by atoms with Crippen molar-refractivity contribution in [1.82, 2.24) is 4.90 Å². The van der Waals surface area contributed by atoms with Crippen LogP contribution in [-0.4, -0.2) is 28.8 Å². The third kappa shape index (κ3) is 3.52. The van der Waals surface area contributed by atoms with Crippen molar-refractivity contribution in [2.45, 2.75) is 13.3 Å². The summed E-state index contributed by atoms with van der Waals surface area (Å²) in [4.78, 5) is 23.6. The van der Waals surface area contributed by atoms with Gasteiger partial charge in [-0.2, -0.15) is 0 Å². The van der Waals surface area contributed by atoms with Crippen molar-refractivity contribution in [1.29, 1.82) is 0 Å². The van der Waals surface area contributed by atoms with Gasteiger partial charge in [0, 0.05) is 12.6 Å². The van der Waals surface area contributed by atoms with Gasteiger partial charge in [-0.15, -0.1) is 6.42 Å². The molecule has 1 rings (SSSR count). The van der Waals surface area contributed by atoms with E-state index in [0.717, 1.165) is 18.2 Å². The normalized spacial score (nSPS) is 9.74. The molecule has 1 amide bonds. The number of rotatable bonds is 5. The molecule has 1 aromatic rings. The van der Waals surface area contributed by atoms with E-state index in [1.54, 1.807) is 0 Å². The molecule has 19 heavy (non-hydrogen) atoms. The molecule has 0 saturated heterocycles. The fraction of sp³-hybridized carbons (Fsp3) is 0.308. The molecule has 0 heterocycles. The van der Waals surface area contributed by atoms with Crippen LogP contribution in [0.3, 0.4) is 0 Å². The number of hydrogen-bond acceptors (Lipinski definition) is 3. The lowest BCUT2D eigenvalue weighted by Gasteiger charge is -2.19. The van der Waals surface area contributed by atoms with Crippen molar-refractivity contribution in [2.75, 3.05) is 13.1 Å². The highest BCUT2D eigenvalue weighted by Crippen LogP contribution is 2.21. The van der Waals surface area contributed by atoms with Crippen LogP contribution in [0, 0.1) is 28.3 Å². The van der Waals surface area contributed by atoms with Gasteiger partial charge in [0.25, 0.3) is 11.6 Å². The molecule has 0 atom stereocenters. The maximum atomic E-state index is 13.2. The highest BCUT2D eigenvalue weighted by Gasteiger charge is 2.24. The van der Waals surface area contributed by atoms with E-state index < -0.39 is 22.3 Å². The highest BCUT2D eigenvalue weighted by molar-refractivity contribution is 5.98. The van der Waals surface area contributed by atoms with Crippen LogP contribution in [0.15, 0.2) is 18.2 Å². The average molecular weight is 264 g/mol. The maximum Gasteiger partial charge on any atom is 0.282 e. The van der Waals surface area contributed by atoms with E-state index in [9.17, 15) is 19.3 Å². The molecule has 0 N–H and O–H groups in total. The summed E-state index contributed by atoms with van der Waals surface area (Å²) >= 11 is 0. The third-order valence-electron chi connectivity index (χ3n) is 2.45. The van der Waals surface area contributed by atoms with Crippen molar-refractivity contribution < 1.29 is 14.1 Å². The first kappa shape index (κ1) is 14.6. The predicted molar refractivity (Wildman–Crippen MR) is 68.1 cm³/mol. The molecule has 0 radical (unpaired) electrons. The number of nitro benzene ring substituents is 1. The molecule has 0 unspecified atom stereocenters. The van der Waals surface area contributed by atoms with Crippen LogP contribution in [-0.2, 0) is 0 Å². The number of halogens is 1. The van der Waals surface area contributed by atoms with Crippen LogP contribution >= 0.6 is 0 Å². The van der Waals surface area contributed by atoms with Gasteiger partial charge in [0.05, 0.1) is 11.5 Å². The summed E-state index contributed by atoms with van der Waals surface area (Å²) < 4.78 is 13.2. The van der Waals surface area contributed by atoms with E-state index in [1.807, 2.05) is 6.92 Å². The molecule has 0 aromatic heterocycles. The van der Waals surface area contributed by atoms with Crippen molar-refractivity contribution in [2.24, 2.45) is 0 Å². The van der Waals surface area contributed by atoms with Crippen molar-refractivity contribution in [3.8, 4) is 12.3 Å². The summed E-state index contributed by atoms with van der Waals surface area (Å²) in [5.41, 5.74) is -0.710. The van der Waals surface area contributed by atoms with Crippen molar-refractivity contribution >= 4 is 11.6 Å². The Kier molecular flexibility index (Phi) is 5.01.